The van der Waals surface area contributed by atoms with Gasteiger partial charge < -0.3 is 4.90 Å². The summed E-state index contributed by atoms with van der Waals surface area (Å²) in [4.78, 5) is 19.9. The molecular formula is C17H18N4OS. The maximum atomic E-state index is 12.9. The van der Waals surface area contributed by atoms with Crippen LogP contribution in [-0.2, 0) is 0 Å². The van der Waals surface area contributed by atoms with E-state index in [-0.39, 0.29) is 5.56 Å². The second kappa shape index (κ2) is 5.96. The van der Waals surface area contributed by atoms with Crippen LogP contribution in [0.1, 0.15) is 11.4 Å². The summed E-state index contributed by atoms with van der Waals surface area (Å²) in [6, 6.07) is 8.15. The molecular weight excluding hydrogens is 308 g/mol. The lowest BCUT2D eigenvalue weighted by atomic mass is 10.1. The van der Waals surface area contributed by atoms with E-state index in [4.69, 9.17) is 0 Å². The Balaban J connectivity index is 2.24. The molecule has 0 atom stereocenters. The first-order valence-corrected chi connectivity index (χ1v) is 8.14. The van der Waals surface area contributed by atoms with Crippen molar-refractivity contribution < 1.29 is 0 Å². The van der Waals surface area contributed by atoms with Gasteiger partial charge in [-0.05, 0) is 19.4 Å². The molecule has 0 aliphatic rings. The zero-order valence-corrected chi connectivity index (χ0v) is 14.4. The number of rotatable bonds is 3. The van der Waals surface area contributed by atoms with Crippen molar-refractivity contribution in [2.24, 2.45) is 5.10 Å². The molecule has 0 bridgehead atoms. The molecule has 0 unspecified atom stereocenters. The van der Waals surface area contributed by atoms with Crippen molar-refractivity contribution in [1.29, 1.82) is 0 Å². The molecule has 3 aromatic rings. The number of hydrogen-bond acceptors (Lipinski definition) is 4. The number of benzene rings is 1. The Morgan fingerprint density at radius 2 is 1.91 bits per heavy atom. The maximum Gasteiger partial charge on any atom is 0.283 e. The molecule has 2 aromatic heterocycles. The predicted molar refractivity (Wildman–Crippen MR) is 96.4 cm³/mol. The maximum absolute atomic E-state index is 12.9. The third-order valence-electron chi connectivity index (χ3n) is 3.51. The van der Waals surface area contributed by atoms with Crippen molar-refractivity contribution >= 4 is 27.9 Å². The first kappa shape index (κ1) is 15.4. The quantitative estimate of drug-likeness (QED) is 0.549. The van der Waals surface area contributed by atoms with Gasteiger partial charge in [-0.15, -0.1) is 11.3 Å². The highest BCUT2D eigenvalue weighted by atomic mass is 32.1. The van der Waals surface area contributed by atoms with E-state index in [1.807, 2.05) is 50.7 Å². The van der Waals surface area contributed by atoms with Crippen LogP contribution in [0.4, 0.5) is 0 Å². The molecule has 23 heavy (non-hydrogen) atoms. The summed E-state index contributed by atoms with van der Waals surface area (Å²) in [5.41, 5.74) is 2.99. The minimum Gasteiger partial charge on any atom is -0.367 e. The standard InChI is InChI=1S/C17H18N4OS/c1-11-5-7-13(8-6-11)14-9-23-16-15(14)17(22)21(12(2)19-16)18-10-20(3)4/h5-10H,1-4H3/b18-10-. The predicted octanol–water partition coefficient (Wildman–Crippen LogP) is 3.09. The first-order chi connectivity index (χ1) is 11.0. The second-order valence-corrected chi connectivity index (χ2v) is 6.52. The van der Waals surface area contributed by atoms with Crippen LogP contribution in [0.5, 0.6) is 0 Å². The third kappa shape index (κ3) is 2.90. The fraction of sp³-hybridized carbons (Fsp3) is 0.235. The van der Waals surface area contributed by atoms with Crippen molar-refractivity contribution in [2.75, 3.05) is 14.1 Å². The highest BCUT2D eigenvalue weighted by molar-refractivity contribution is 7.17. The van der Waals surface area contributed by atoms with Crippen LogP contribution < -0.4 is 5.56 Å². The lowest BCUT2D eigenvalue weighted by Gasteiger charge is -2.07. The van der Waals surface area contributed by atoms with Crippen molar-refractivity contribution in [3.8, 4) is 11.1 Å². The number of fused-ring (bicyclic) bond motifs is 1. The number of aromatic nitrogens is 2. The van der Waals surface area contributed by atoms with Gasteiger partial charge in [-0.25, -0.2) is 4.98 Å². The van der Waals surface area contributed by atoms with E-state index >= 15 is 0 Å². The van der Waals surface area contributed by atoms with Gasteiger partial charge in [-0.3, -0.25) is 4.79 Å². The highest BCUT2D eigenvalue weighted by Crippen LogP contribution is 2.31. The van der Waals surface area contributed by atoms with Crippen molar-refractivity contribution in [1.82, 2.24) is 14.6 Å². The van der Waals surface area contributed by atoms with Crippen LogP contribution in [0.3, 0.4) is 0 Å². The largest absolute Gasteiger partial charge is 0.367 e. The summed E-state index contributed by atoms with van der Waals surface area (Å²) in [5.74, 6) is 0.581. The van der Waals surface area contributed by atoms with Crippen LogP contribution in [0.25, 0.3) is 21.3 Å². The van der Waals surface area contributed by atoms with Crippen LogP contribution in [0.15, 0.2) is 39.5 Å². The second-order valence-electron chi connectivity index (χ2n) is 5.67. The van der Waals surface area contributed by atoms with Gasteiger partial charge in [0.15, 0.2) is 0 Å². The number of nitrogens with zero attached hydrogens (tertiary/aromatic N) is 4. The molecule has 0 spiro atoms. The van der Waals surface area contributed by atoms with Crippen molar-refractivity contribution in [3.05, 3.63) is 51.4 Å². The van der Waals surface area contributed by atoms with E-state index in [0.29, 0.717) is 11.2 Å². The van der Waals surface area contributed by atoms with Gasteiger partial charge in [0.05, 0.1) is 5.39 Å². The molecule has 0 saturated heterocycles. The van der Waals surface area contributed by atoms with Crippen LogP contribution >= 0.6 is 11.3 Å². The summed E-state index contributed by atoms with van der Waals surface area (Å²) >= 11 is 1.49. The van der Waals surface area contributed by atoms with Crippen LogP contribution in [-0.4, -0.2) is 35.0 Å². The molecule has 6 heteroatoms. The van der Waals surface area contributed by atoms with Gasteiger partial charge in [-0.1, -0.05) is 29.8 Å². The average Bonchev–Trinajstić information content (AvgIpc) is 2.91. The summed E-state index contributed by atoms with van der Waals surface area (Å²) in [6.45, 7) is 3.84. The van der Waals surface area contributed by atoms with Gasteiger partial charge in [-0.2, -0.15) is 9.78 Å². The molecule has 5 nitrogen and oxygen atoms in total. The molecule has 0 fully saturated rings. The van der Waals surface area contributed by atoms with E-state index in [1.54, 1.807) is 18.2 Å². The first-order valence-electron chi connectivity index (χ1n) is 7.26. The molecule has 0 aliphatic carbocycles. The molecule has 2 heterocycles. The Morgan fingerprint density at radius 1 is 1.22 bits per heavy atom. The van der Waals surface area contributed by atoms with Gasteiger partial charge in [0.2, 0.25) is 0 Å². The topological polar surface area (TPSA) is 50.5 Å². The molecule has 118 valence electrons. The average molecular weight is 326 g/mol. The molecule has 0 amide bonds. The number of aryl methyl sites for hydroxylation is 2. The van der Waals surface area contributed by atoms with E-state index < -0.39 is 0 Å². The van der Waals surface area contributed by atoms with E-state index in [9.17, 15) is 4.79 Å². The Hall–Kier alpha value is -2.47. The fourth-order valence-electron chi connectivity index (χ4n) is 2.32. The molecule has 3 rings (SSSR count). The summed E-state index contributed by atoms with van der Waals surface area (Å²) in [7, 11) is 3.72. The van der Waals surface area contributed by atoms with Crippen molar-refractivity contribution in [2.45, 2.75) is 13.8 Å². The summed E-state index contributed by atoms with van der Waals surface area (Å²) in [5, 5.41) is 6.85. The Kier molecular flexibility index (Phi) is 4.00. The van der Waals surface area contributed by atoms with Crippen LogP contribution in [0.2, 0.25) is 0 Å². The Morgan fingerprint density at radius 3 is 2.57 bits per heavy atom. The van der Waals surface area contributed by atoms with Gasteiger partial charge in [0, 0.05) is 25.0 Å². The van der Waals surface area contributed by atoms with E-state index in [0.717, 1.165) is 16.0 Å². The van der Waals surface area contributed by atoms with E-state index in [1.165, 1.54) is 21.6 Å². The lowest BCUT2D eigenvalue weighted by molar-refractivity contribution is 0.626. The SMILES string of the molecule is Cc1ccc(-c2csc3nc(C)n(/N=C\N(C)C)c(=O)c23)cc1. The summed E-state index contributed by atoms with van der Waals surface area (Å²) in [6.07, 6.45) is 1.60. The van der Waals surface area contributed by atoms with Gasteiger partial charge in [0.1, 0.15) is 17.0 Å². The van der Waals surface area contributed by atoms with Gasteiger partial charge >= 0.3 is 0 Å². The summed E-state index contributed by atoms with van der Waals surface area (Å²) < 4.78 is 1.35. The minimum absolute atomic E-state index is 0.137. The molecule has 0 N–H and O–H groups in total. The van der Waals surface area contributed by atoms with Crippen LogP contribution in [0, 0.1) is 13.8 Å². The molecule has 0 radical (unpaired) electrons. The number of thiophene rings is 1. The Bertz CT molecular complexity index is 936. The lowest BCUT2D eigenvalue weighted by Crippen LogP contribution is -2.22. The zero-order chi connectivity index (χ0) is 16.6. The molecule has 0 aliphatic heterocycles. The molecule has 0 saturated carbocycles. The van der Waals surface area contributed by atoms with Gasteiger partial charge in [0.25, 0.3) is 5.56 Å². The molecule has 1 aromatic carbocycles. The third-order valence-corrected chi connectivity index (χ3v) is 4.38. The minimum atomic E-state index is -0.137. The monoisotopic (exact) mass is 326 g/mol. The number of hydrogen-bond donors (Lipinski definition) is 0. The fourth-order valence-corrected chi connectivity index (χ4v) is 3.30. The zero-order valence-electron chi connectivity index (χ0n) is 13.6. The normalized spacial score (nSPS) is 11.5. The van der Waals surface area contributed by atoms with Crippen molar-refractivity contribution in [3.63, 3.8) is 0 Å². The Labute approximate surface area is 138 Å². The smallest absolute Gasteiger partial charge is 0.283 e. The van der Waals surface area contributed by atoms with E-state index in [2.05, 4.69) is 10.1 Å². The highest BCUT2D eigenvalue weighted by Gasteiger charge is 2.15.